The molecule has 72 valence electrons. The van der Waals surface area contributed by atoms with Crippen LogP contribution < -0.4 is 5.32 Å². The molecule has 1 saturated heterocycles. The van der Waals surface area contributed by atoms with E-state index in [2.05, 4.69) is 29.2 Å². The molecule has 1 fully saturated rings. The lowest BCUT2D eigenvalue weighted by atomic mass is 10.2. The zero-order chi connectivity index (χ0) is 9.26. The first-order valence-corrected chi connectivity index (χ1v) is 4.92. The summed E-state index contributed by atoms with van der Waals surface area (Å²) in [5, 5.41) is 7.66. The Bertz CT molecular complexity index is 273. The summed E-state index contributed by atoms with van der Waals surface area (Å²) in [4.78, 5) is 4.31. The highest BCUT2D eigenvalue weighted by Gasteiger charge is 2.21. The maximum atomic E-state index is 4.31. The summed E-state index contributed by atoms with van der Waals surface area (Å²) < 4.78 is 2.00. The topological polar surface area (TPSA) is 42.7 Å². The number of nitrogens with zero attached hydrogens (tertiary/aromatic N) is 3. The Balaban J connectivity index is 2.23. The van der Waals surface area contributed by atoms with Crippen molar-refractivity contribution in [2.24, 2.45) is 0 Å². The maximum Gasteiger partial charge on any atom is 0.144 e. The highest BCUT2D eigenvalue weighted by atomic mass is 15.4. The van der Waals surface area contributed by atoms with Crippen molar-refractivity contribution in [1.29, 1.82) is 0 Å². The molecule has 0 aliphatic carbocycles. The molecule has 0 radical (unpaired) electrons. The van der Waals surface area contributed by atoms with Gasteiger partial charge in [0.05, 0.1) is 6.04 Å². The van der Waals surface area contributed by atoms with Gasteiger partial charge >= 0.3 is 0 Å². The van der Waals surface area contributed by atoms with Crippen molar-refractivity contribution in [2.45, 2.75) is 38.8 Å². The van der Waals surface area contributed by atoms with Gasteiger partial charge in [0, 0.05) is 6.04 Å². The van der Waals surface area contributed by atoms with E-state index in [1.54, 1.807) is 6.33 Å². The van der Waals surface area contributed by atoms with Crippen molar-refractivity contribution in [1.82, 2.24) is 20.1 Å². The smallest absolute Gasteiger partial charge is 0.144 e. The normalized spacial score (nSPS) is 22.8. The SMILES string of the molecule is CC(C)n1ncnc1[C@@H]1CCCN1. The van der Waals surface area contributed by atoms with Crippen LogP contribution in [-0.2, 0) is 0 Å². The van der Waals surface area contributed by atoms with E-state index in [0.717, 1.165) is 12.4 Å². The summed E-state index contributed by atoms with van der Waals surface area (Å²) in [5.74, 6) is 1.09. The van der Waals surface area contributed by atoms with E-state index in [1.165, 1.54) is 12.8 Å². The number of hydrogen-bond acceptors (Lipinski definition) is 3. The van der Waals surface area contributed by atoms with Crippen LogP contribution in [0, 0.1) is 0 Å². The molecule has 0 aromatic carbocycles. The Hall–Kier alpha value is -0.900. The van der Waals surface area contributed by atoms with Gasteiger partial charge in [-0.05, 0) is 33.2 Å². The fourth-order valence-electron chi connectivity index (χ4n) is 1.81. The van der Waals surface area contributed by atoms with E-state index in [-0.39, 0.29) is 0 Å². The first-order chi connectivity index (χ1) is 6.29. The molecule has 0 saturated carbocycles. The molecule has 0 amide bonds. The minimum Gasteiger partial charge on any atom is -0.307 e. The first-order valence-electron chi connectivity index (χ1n) is 4.92. The maximum absolute atomic E-state index is 4.31. The minimum absolute atomic E-state index is 0.403. The molecular weight excluding hydrogens is 164 g/mol. The van der Waals surface area contributed by atoms with Gasteiger partial charge in [-0.2, -0.15) is 5.10 Å². The summed E-state index contributed by atoms with van der Waals surface area (Å²) >= 11 is 0. The van der Waals surface area contributed by atoms with Crippen molar-refractivity contribution in [3.63, 3.8) is 0 Å². The molecule has 0 bridgehead atoms. The number of aromatic nitrogens is 3. The lowest BCUT2D eigenvalue weighted by molar-refractivity contribution is 0.465. The second kappa shape index (κ2) is 3.46. The van der Waals surface area contributed by atoms with E-state index < -0.39 is 0 Å². The van der Waals surface area contributed by atoms with Gasteiger partial charge < -0.3 is 5.32 Å². The summed E-state index contributed by atoms with van der Waals surface area (Å²) in [7, 11) is 0. The van der Waals surface area contributed by atoms with Gasteiger partial charge in [0.25, 0.3) is 0 Å². The molecule has 4 heteroatoms. The fraction of sp³-hybridized carbons (Fsp3) is 0.778. The highest BCUT2D eigenvalue weighted by Crippen LogP contribution is 2.22. The molecule has 13 heavy (non-hydrogen) atoms. The quantitative estimate of drug-likeness (QED) is 0.745. The van der Waals surface area contributed by atoms with Crippen LogP contribution in [0.25, 0.3) is 0 Å². The molecule has 1 atom stereocenters. The number of hydrogen-bond donors (Lipinski definition) is 1. The van der Waals surface area contributed by atoms with Gasteiger partial charge in [-0.15, -0.1) is 0 Å². The van der Waals surface area contributed by atoms with Gasteiger partial charge in [-0.3, -0.25) is 0 Å². The molecule has 1 aromatic heterocycles. The van der Waals surface area contributed by atoms with Crippen LogP contribution in [0.3, 0.4) is 0 Å². The number of nitrogens with one attached hydrogen (secondary N) is 1. The van der Waals surface area contributed by atoms with Crippen LogP contribution in [0.5, 0.6) is 0 Å². The van der Waals surface area contributed by atoms with E-state index in [0.29, 0.717) is 12.1 Å². The zero-order valence-electron chi connectivity index (χ0n) is 8.20. The zero-order valence-corrected chi connectivity index (χ0v) is 8.20. The molecule has 0 spiro atoms. The minimum atomic E-state index is 0.403. The molecule has 1 aliphatic heterocycles. The van der Waals surface area contributed by atoms with Crippen LogP contribution in [0.4, 0.5) is 0 Å². The molecule has 2 rings (SSSR count). The van der Waals surface area contributed by atoms with Crippen molar-refractivity contribution in [2.75, 3.05) is 6.54 Å². The lowest BCUT2D eigenvalue weighted by Gasteiger charge is -2.13. The van der Waals surface area contributed by atoms with Crippen LogP contribution in [0.1, 0.15) is 44.6 Å². The van der Waals surface area contributed by atoms with E-state index >= 15 is 0 Å². The summed E-state index contributed by atoms with van der Waals surface area (Å²) in [6, 6.07) is 0.824. The monoisotopic (exact) mass is 180 g/mol. The second-order valence-electron chi connectivity index (χ2n) is 3.81. The second-order valence-corrected chi connectivity index (χ2v) is 3.81. The van der Waals surface area contributed by atoms with Crippen LogP contribution in [-0.4, -0.2) is 21.3 Å². The van der Waals surface area contributed by atoms with Gasteiger partial charge in [0.15, 0.2) is 0 Å². The third kappa shape index (κ3) is 1.58. The van der Waals surface area contributed by atoms with Crippen molar-refractivity contribution in [3.05, 3.63) is 12.2 Å². The molecule has 2 heterocycles. The van der Waals surface area contributed by atoms with E-state index in [9.17, 15) is 0 Å². The van der Waals surface area contributed by atoms with Crippen molar-refractivity contribution in [3.8, 4) is 0 Å². The molecule has 4 nitrogen and oxygen atoms in total. The largest absolute Gasteiger partial charge is 0.307 e. The van der Waals surface area contributed by atoms with Gasteiger partial charge in [0.2, 0.25) is 0 Å². The van der Waals surface area contributed by atoms with Crippen molar-refractivity contribution >= 4 is 0 Å². The molecule has 1 aliphatic rings. The van der Waals surface area contributed by atoms with E-state index in [1.807, 2.05) is 4.68 Å². The predicted octanol–water partition coefficient (Wildman–Crippen LogP) is 1.28. The Kier molecular flexibility index (Phi) is 2.31. The fourth-order valence-corrected chi connectivity index (χ4v) is 1.81. The van der Waals surface area contributed by atoms with Crippen LogP contribution >= 0.6 is 0 Å². The first kappa shape index (κ1) is 8.69. The molecule has 1 N–H and O–H groups in total. The van der Waals surface area contributed by atoms with Crippen LogP contribution in [0.15, 0.2) is 6.33 Å². The summed E-state index contributed by atoms with van der Waals surface area (Å²) in [6.07, 6.45) is 4.08. The van der Waals surface area contributed by atoms with Gasteiger partial charge in [-0.1, -0.05) is 0 Å². The molecule has 1 aromatic rings. The average molecular weight is 180 g/mol. The predicted molar refractivity (Wildman–Crippen MR) is 50.4 cm³/mol. The Morgan fingerprint density at radius 2 is 2.46 bits per heavy atom. The van der Waals surface area contributed by atoms with E-state index in [4.69, 9.17) is 0 Å². The number of rotatable bonds is 2. The molecular formula is C9H16N4. The van der Waals surface area contributed by atoms with Crippen molar-refractivity contribution < 1.29 is 0 Å². The molecule has 0 unspecified atom stereocenters. The highest BCUT2D eigenvalue weighted by molar-refractivity contribution is 4.97. The standard InChI is InChI=1S/C9H16N4/c1-7(2)13-9(11-6-12-13)8-4-3-5-10-8/h6-8,10H,3-5H2,1-2H3/t8-/m0/s1. The summed E-state index contributed by atoms with van der Waals surface area (Å²) in [5.41, 5.74) is 0. The Labute approximate surface area is 78.4 Å². The van der Waals surface area contributed by atoms with Gasteiger partial charge in [0.1, 0.15) is 12.2 Å². The summed E-state index contributed by atoms with van der Waals surface area (Å²) in [6.45, 7) is 5.37. The average Bonchev–Trinajstić information content (AvgIpc) is 2.74. The lowest BCUT2D eigenvalue weighted by Crippen LogP contribution is -2.19. The van der Waals surface area contributed by atoms with Crippen LogP contribution in [0.2, 0.25) is 0 Å². The Morgan fingerprint density at radius 1 is 1.62 bits per heavy atom. The van der Waals surface area contributed by atoms with Gasteiger partial charge in [-0.25, -0.2) is 9.67 Å². The Morgan fingerprint density at radius 3 is 3.08 bits per heavy atom. The third-order valence-corrected chi connectivity index (χ3v) is 2.46. The third-order valence-electron chi connectivity index (χ3n) is 2.46.